The maximum atomic E-state index is 10.8. The number of hydrogen-bond acceptors (Lipinski definition) is 4. The van der Waals surface area contributed by atoms with E-state index >= 15 is 0 Å². The maximum Gasteiger partial charge on any atom is 0.372 e. The maximum absolute atomic E-state index is 10.8. The van der Waals surface area contributed by atoms with Crippen molar-refractivity contribution in [2.75, 3.05) is 13.2 Å². The third-order valence-electron chi connectivity index (χ3n) is 2.95. The van der Waals surface area contributed by atoms with Crippen LogP contribution in [0, 0.1) is 6.92 Å². The highest BCUT2D eigenvalue weighted by atomic mass is 16.5. The summed E-state index contributed by atoms with van der Waals surface area (Å²) >= 11 is 0. The molecule has 1 saturated heterocycles. The van der Waals surface area contributed by atoms with Crippen molar-refractivity contribution in [3.8, 4) is 0 Å². The monoisotopic (exact) mass is 239 g/mol. The minimum absolute atomic E-state index is 0.0359. The zero-order valence-corrected chi connectivity index (χ0v) is 9.86. The minimum Gasteiger partial charge on any atom is -0.475 e. The lowest BCUT2D eigenvalue weighted by Crippen LogP contribution is -2.34. The van der Waals surface area contributed by atoms with Gasteiger partial charge in [-0.3, -0.25) is 0 Å². The lowest BCUT2D eigenvalue weighted by molar-refractivity contribution is 0.0658. The highest BCUT2D eigenvalue weighted by Gasteiger charge is 2.16. The normalized spacial score (nSPS) is 17.2. The second-order valence-corrected chi connectivity index (χ2v) is 4.30. The fourth-order valence-electron chi connectivity index (χ4n) is 1.99. The number of carbonyl (C=O) groups is 1. The molecule has 2 N–H and O–H groups in total. The Bertz CT molecular complexity index is 393. The first-order chi connectivity index (χ1) is 8.16. The molecule has 0 aliphatic carbocycles. The Morgan fingerprint density at radius 3 is 2.82 bits per heavy atom. The summed E-state index contributed by atoms with van der Waals surface area (Å²) in [6.07, 6.45) is 1.98. The molecule has 5 nitrogen and oxygen atoms in total. The zero-order chi connectivity index (χ0) is 12.3. The van der Waals surface area contributed by atoms with Gasteiger partial charge < -0.3 is 19.6 Å². The minimum atomic E-state index is -1.01. The van der Waals surface area contributed by atoms with Crippen LogP contribution in [0.2, 0.25) is 0 Å². The zero-order valence-electron chi connectivity index (χ0n) is 9.86. The van der Waals surface area contributed by atoms with Crippen molar-refractivity contribution in [2.45, 2.75) is 32.4 Å². The van der Waals surface area contributed by atoms with Crippen LogP contribution < -0.4 is 5.32 Å². The molecule has 2 heterocycles. The summed E-state index contributed by atoms with van der Waals surface area (Å²) in [6.45, 7) is 3.88. The summed E-state index contributed by atoms with van der Waals surface area (Å²) in [4.78, 5) is 10.8. The van der Waals surface area contributed by atoms with Gasteiger partial charge in [-0.1, -0.05) is 0 Å². The molecule has 1 aromatic heterocycles. The Labute approximate surface area is 99.8 Å². The summed E-state index contributed by atoms with van der Waals surface area (Å²) in [5.74, 6) is -0.306. The van der Waals surface area contributed by atoms with E-state index in [4.69, 9.17) is 14.3 Å². The molecular formula is C12H17NO4. The first-order valence-corrected chi connectivity index (χ1v) is 5.80. The summed E-state index contributed by atoms with van der Waals surface area (Å²) < 4.78 is 10.5. The average Bonchev–Trinajstić information content (AvgIpc) is 2.69. The van der Waals surface area contributed by atoms with Crippen molar-refractivity contribution >= 4 is 5.97 Å². The standard InChI is InChI=1S/C12H17NO4/c1-8-6-10(17-11(8)12(14)15)7-13-9-2-4-16-5-3-9/h6,9,13H,2-5,7H2,1H3,(H,14,15). The highest BCUT2D eigenvalue weighted by Crippen LogP contribution is 2.15. The predicted octanol–water partition coefficient (Wildman–Crippen LogP) is 1.55. The van der Waals surface area contributed by atoms with E-state index in [-0.39, 0.29) is 5.76 Å². The average molecular weight is 239 g/mol. The molecule has 94 valence electrons. The van der Waals surface area contributed by atoms with E-state index in [0.717, 1.165) is 26.1 Å². The molecule has 1 aromatic rings. The van der Waals surface area contributed by atoms with Gasteiger partial charge in [-0.05, 0) is 25.8 Å². The Morgan fingerprint density at radius 1 is 1.53 bits per heavy atom. The van der Waals surface area contributed by atoms with Crippen molar-refractivity contribution in [2.24, 2.45) is 0 Å². The van der Waals surface area contributed by atoms with Gasteiger partial charge in [-0.25, -0.2) is 4.79 Å². The van der Waals surface area contributed by atoms with Crippen LogP contribution in [0.3, 0.4) is 0 Å². The number of carboxylic acids is 1. The second-order valence-electron chi connectivity index (χ2n) is 4.30. The van der Waals surface area contributed by atoms with Gasteiger partial charge >= 0.3 is 5.97 Å². The van der Waals surface area contributed by atoms with E-state index in [1.165, 1.54) is 0 Å². The van der Waals surface area contributed by atoms with Crippen molar-refractivity contribution in [3.05, 3.63) is 23.2 Å². The van der Waals surface area contributed by atoms with Crippen LogP contribution in [0.4, 0.5) is 0 Å². The number of rotatable bonds is 4. The van der Waals surface area contributed by atoms with Crippen LogP contribution in [0.5, 0.6) is 0 Å². The van der Waals surface area contributed by atoms with Crippen LogP contribution in [0.1, 0.15) is 34.7 Å². The first kappa shape index (κ1) is 12.1. The van der Waals surface area contributed by atoms with E-state index in [2.05, 4.69) is 5.32 Å². The number of nitrogens with one attached hydrogen (secondary N) is 1. The molecular weight excluding hydrogens is 222 g/mol. The fraction of sp³-hybridized carbons (Fsp3) is 0.583. The molecule has 1 aliphatic rings. The van der Waals surface area contributed by atoms with Gasteiger partial charge in [0.1, 0.15) is 5.76 Å². The molecule has 0 radical (unpaired) electrons. The lowest BCUT2D eigenvalue weighted by atomic mass is 10.1. The van der Waals surface area contributed by atoms with Gasteiger partial charge in [-0.2, -0.15) is 0 Å². The van der Waals surface area contributed by atoms with Crippen LogP contribution in [-0.4, -0.2) is 30.3 Å². The van der Waals surface area contributed by atoms with Gasteiger partial charge in [0.05, 0.1) is 6.54 Å². The number of aryl methyl sites for hydroxylation is 1. The first-order valence-electron chi connectivity index (χ1n) is 5.80. The van der Waals surface area contributed by atoms with Crippen molar-refractivity contribution in [3.63, 3.8) is 0 Å². The highest BCUT2D eigenvalue weighted by molar-refractivity contribution is 5.86. The molecule has 0 amide bonds. The summed E-state index contributed by atoms with van der Waals surface area (Å²) in [6, 6.07) is 2.21. The third-order valence-corrected chi connectivity index (χ3v) is 2.95. The molecule has 0 saturated carbocycles. The van der Waals surface area contributed by atoms with E-state index in [1.807, 2.05) is 0 Å². The molecule has 0 unspecified atom stereocenters. The number of hydrogen-bond donors (Lipinski definition) is 2. The van der Waals surface area contributed by atoms with Gasteiger partial charge in [0.25, 0.3) is 0 Å². The molecule has 1 aliphatic heterocycles. The second kappa shape index (κ2) is 5.33. The van der Waals surface area contributed by atoms with Gasteiger partial charge in [0, 0.05) is 24.8 Å². The van der Waals surface area contributed by atoms with Crippen molar-refractivity contribution in [1.29, 1.82) is 0 Å². The quantitative estimate of drug-likeness (QED) is 0.834. The van der Waals surface area contributed by atoms with E-state index in [0.29, 0.717) is 23.9 Å². The van der Waals surface area contributed by atoms with Gasteiger partial charge in [-0.15, -0.1) is 0 Å². The largest absolute Gasteiger partial charge is 0.475 e. The topological polar surface area (TPSA) is 71.7 Å². The fourth-order valence-corrected chi connectivity index (χ4v) is 1.99. The number of carboxylic acid groups (broad SMARTS) is 1. The van der Waals surface area contributed by atoms with Crippen LogP contribution in [0.15, 0.2) is 10.5 Å². The van der Waals surface area contributed by atoms with Crippen LogP contribution in [-0.2, 0) is 11.3 Å². The Kier molecular flexibility index (Phi) is 3.81. The van der Waals surface area contributed by atoms with Crippen LogP contribution >= 0.6 is 0 Å². The lowest BCUT2D eigenvalue weighted by Gasteiger charge is -2.22. The molecule has 5 heteroatoms. The van der Waals surface area contributed by atoms with Gasteiger partial charge in [0.2, 0.25) is 5.76 Å². The summed E-state index contributed by atoms with van der Waals surface area (Å²) in [5.41, 5.74) is 0.668. The Balaban J connectivity index is 1.90. The molecule has 0 aromatic carbocycles. The molecule has 0 spiro atoms. The predicted molar refractivity (Wildman–Crippen MR) is 61.1 cm³/mol. The summed E-state index contributed by atoms with van der Waals surface area (Å²) in [5, 5.41) is 12.2. The van der Waals surface area contributed by atoms with E-state index in [9.17, 15) is 4.79 Å². The van der Waals surface area contributed by atoms with Gasteiger partial charge in [0.15, 0.2) is 0 Å². The molecule has 0 atom stereocenters. The summed E-state index contributed by atoms with van der Waals surface area (Å²) in [7, 11) is 0. The Hall–Kier alpha value is -1.33. The smallest absolute Gasteiger partial charge is 0.372 e. The SMILES string of the molecule is Cc1cc(CNC2CCOCC2)oc1C(=O)O. The molecule has 17 heavy (non-hydrogen) atoms. The van der Waals surface area contributed by atoms with Crippen molar-refractivity contribution < 1.29 is 19.1 Å². The van der Waals surface area contributed by atoms with E-state index < -0.39 is 5.97 Å². The molecule has 2 rings (SSSR count). The molecule has 1 fully saturated rings. The Morgan fingerprint density at radius 2 is 2.24 bits per heavy atom. The number of furan rings is 1. The number of aromatic carboxylic acids is 1. The molecule has 0 bridgehead atoms. The van der Waals surface area contributed by atoms with E-state index in [1.54, 1.807) is 13.0 Å². The van der Waals surface area contributed by atoms with Crippen molar-refractivity contribution in [1.82, 2.24) is 5.32 Å². The van der Waals surface area contributed by atoms with Crippen LogP contribution in [0.25, 0.3) is 0 Å². The number of ether oxygens (including phenoxy) is 1. The third kappa shape index (κ3) is 3.08.